The maximum Gasteiger partial charge on any atom is 0.126 e. The summed E-state index contributed by atoms with van der Waals surface area (Å²) in [7, 11) is 0. The SMILES string of the molecule is OC(CCc1cc(Cl)ccc1F)C1CCCC1. The Hall–Kier alpha value is -0.600. The number of aliphatic hydroxyl groups excluding tert-OH is 1. The van der Waals surface area contributed by atoms with Crippen molar-refractivity contribution in [1.82, 2.24) is 0 Å². The summed E-state index contributed by atoms with van der Waals surface area (Å²) in [4.78, 5) is 0. The summed E-state index contributed by atoms with van der Waals surface area (Å²) in [6, 6.07) is 4.59. The monoisotopic (exact) mass is 256 g/mol. The van der Waals surface area contributed by atoms with Gasteiger partial charge in [-0.15, -0.1) is 0 Å². The first-order valence-electron chi connectivity index (χ1n) is 6.29. The van der Waals surface area contributed by atoms with Crippen LogP contribution in [0.3, 0.4) is 0 Å². The minimum absolute atomic E-state index is 0.229. The molecule has 1 aromatic rings. The van der Waals surface area contributed by atoms with Crippen LogP contribution in [-0.2, 0) is 6.42 Å². The van der Waals surface area contributed by atoms with E-state index in [0.29, 0.717) is 29.3 Å². The summed E-state index contributed by atoms with van der Waals surface area (Å²) in [5, 5.41) is 10.6. The van der Waals surface area contributed by atoms with E-state index in [2.05, 4.69) is 0 Å². The fraction of sp³-hybridized carbons (Fsp3) is 0.571. The van der Waals surface area contributed by atoms with Crippen LogP contribution in [0.4, 0.5) is 4.39 Å². The molecule has 0 bridgehead atoms. The molecule has 17 heavy (non-hydrogen) atoms. The molecule has 94 valence electrons. The number of halogens is 2. The molecule has 1 aliphatic carbocycles. The number of benzene rings is 1. The van der Waals surface area contributed by atoms with E-state index in [1.54, 1.807) is 12.1 Å². The fourth-order valence-electron chi connectivity index (χ4n) is 2.62. The van der Waals surface area contributed by atoms with Crippen molar-refractivity contribution < 1.29 is 9.50 Å². The van der Waals surface area contributed by atoms with Crippen molar-refractivity contribution >= 4 is 11.6 Å². The Morgan fingerprint density at radius 3 is 2.76 bits per heavy atom. The third kappa shape index (κ3) is 3.43. The van der Waals surface area contributed by atoms with Crippen molar-refractivity contribution in [2.45, 2.75) is 44.6 Å². The molecule has 0 aliphatic heterocycles. The molecule has 1 nitrogen and oxygen atoms in total. The molecular formula is C14H18ClFO. The van der Waals surface area contributed by atoms with Crippen molar-refractivity contribution in [2.75, 3.05) is 0 Å². The highest BCUT2D eigenvalue weighted by Gasteiger charge is 2.23. The average molecular weight is 257 g/mol. The second kappa shape index (κ2) is 5.83. The zero-order chi connectivity index (χ0) is 12.3. The smallest absolute Gasteiger partial charge is 0.126 e. The number of aliphatic hydroxyl groups is 1. The maximum absolute atomic E-state index is 13.5. The minimum atomic E-state index is -0.295. The molecule has 3 heteroatoms. The van der Waals surface area contributed by atoms with Gasteiger partial charge in [0.15, 0.2) is 0 Å². The highest BCUT2D eigenvalue weighted by Crippen LogP contribution is 2.29. The summed E-state index contributed by atoms with van der Waals surface area (Å²) in [5.74, 6) is 0.185. The lowest BCUT2D eigenvalue weighted by molar-refractivity contribution is 0.102. The standard InChI is InChI=1S/C14H18ClFO/c15-12-6-7-13(16)11(9-12)5-8-14(17)10-3-1-2-4-10/h6-7,9-10,14,17H,1-5,8H2. The second-order valence-electron chi connectivity index (χ2n) is 4.89. The maximum atomic E-state index is 13.5. The normalized spacial score (nSPS) is 18.5. The third-order valence-corrected chi connectivity index (χ3v) is 3.90. The molecule has 0 amide bonds. The fourth-order valence-corrected chi connectivity index (χ4v) is 2.81. The average Bonchev–Trinajstić information content (AvgIpc) is 2.83. The van der Waals surface area contributed by atoms with Gasteiger partial charge in [-0.1, -0.05) is 24.4 Å². The van der Waals surface area contributed by atoms with Crippen molar-refractivity contribution in [2.24, 2.45) is 5.92 Å². The highest BCUT2D eigenvalue weighted by molar-refractivity contribution is 6.30. The first kappa shape index (κ1) is 12.8. The molecule has 1 N–H and O–H groups in total. The Labute approximate surface area is 107 Å². The van der Waals surface area contributed by atoms with Crippen LogP contribution < -0.4 is 0 Å². The minimum Gasteiger partial charge on any atom is -0.393 e. The van der Waals surface area contributed by atoms with Gasteiger partial charge in [0, 0.05) is 5.02 Å². The van der Waals surface area contributed by atoms with Gasteiger partial charge in [0.2, 0.25) is 0 Å². The Kier molecular flexibility index (Phi) is 4.41. The first-order chi connectivity index (χ1) is 8.16. The van der Waals surface area contributed by atoms with Crippen LogP contribution in [0.5, 0.6) is 0 Å². The van der Waals surface area contributed by atoms with Crippen LogP contribution in [0.1, 0.15) is 37.7 Å². The van der Waals surface area contributed by atoms with E-state index in [1.807, 2.05) is 0 Å². The van der Waals surface area contributed by atoms with Crippen molar-refractivity contribution in [3.8, 4) is 0 Å². The van der Waals surface area contributed by atoms with Crippen LogP contribution in [0.15, 0.2) is 18.2 Å². The zero-order valence-electron chi connectivity index (χ0n) is 9.83. The molecule has 0 aromatic heterocycles. The van der Waals surface area contributed by atoms with Gasteiger partial charge in [-0.05, 0) is 55.4 Å². The van der Waals surface area contributed by atoms with Crippen molar-refractivity contribution in [1.29, 1.82) is 0 Å². The van der Waals surface area contributed by atoms with Gasteiger partial charge < -0.3 is 5.11 Å². The van der Waals surface area contributed by atoms with Gasteiger partial charge in [-0.25, -0.2) is 4.39 Å². The number of hydrogen-bond donors (Lipinski definition) is 1. The van der Waals surface area contributed by atoms with E-state index in [0.717, 1.165) is 12.8 Å². The Morgan fingerprint density at radius 1 is 1.35 bits per heavy atom. The summed E-state index contributed by atoms with van der Waals surface area (Å²) in [6.07, 6.45) is 5.54. The predicted octanol–water partition coefficient (Wildman–Crippen LogP) is 3.96. The summed E-state index contributed by atoms with van der Waals surface area (Å²) >= 11 is 5.83. The first-order valence-corrected chi connectivity index (χ1v) is 6.66. The van der Waals surface area contributed by atoms with Crippen LogP contribution in [-0.4, -0.2) is 11.2 Å². The van der Waals surface area contributed by atoms with Gasteiger partial charge in [-0.2, -0.15) is 0 Å². The van der Waals surface area contributed by atoms with Gasteiger partial charge in [-0.3, -0.25) is 0 Å². The molecule has 1 atom stereocenters. The van der Waals surface area contributed by atoms with Crippen molar-refractivity contribution in [3.63, 3.8) is 0 Å². The van der Waals surface area contributed by atoms with Gasteiger partial charge in [0.1, 0.15) is 5.82 Å². The quantitative estimate of drug-likeness (QED) is 0.865. The summed E-state index contributed by atoms with van der Waals surface area (Å²) < 4.78 is 13.5. The molecule has 1 unspecified atom stereocenters. The van der Waals surface area contributed by atoms with E-state index >= 15 is 0 Å². The predicted molar refractivity (Wildman–Crippen MR) is 67.7 cm³/mol. The van der Waals surface area contributed by atoms with E-state index in [9.17, 15) is 9.50 Å². The highest BCUT2D eigenvalue weighted by atomic mass is 35.5. The van der Waals surface area contributed by atoms with Gasteiger partial charge >= 0.3 is 0 Å². The van der Waals surface area contributed by atoms with E-state index in [4.69, 9.17) is 11.6 Å². The zero-order valence-corrected chi connectivity index (χ0v) is 10.6. The van der Waals surface area contributed by atoms with E-state index in [1.165, 1.54) is 18.9 Å². The van der Waals surface area contributed by atoms with Gasteiger partial charge in [0.25, 0.3) is 0 Å². The van der Waals surface area contributed by atoms with Crippen LogP contribution in [0.2, 0.25) is 5.02 Å². The molecule has 1 saturated carbocycles. The van der Waals surface area contributed by atoms with E-state index in [-0.39, 0.29) is 11.9 Å². The van der Waals surface area contributed by atoms with Crippen LogP contribution in [0.25, 0.3) is 0 Å². The lowest BCUT2D eigenvalue weighted by Gasteiger charge is -2.17. The molecule has 1 aliphatic rings. The largest absolute Gasteiger partial charge is 0.393 e. The molecule has 0 heterocycles. The molecule has 0 saturated heterocycles. The van der Waals surface area contributed by atoms with Crippen LogP contribution >= 0.6 is 11.6 Å². The summed E-state index contributed by atoms with van der Waals surface area (Å²) in [5.41, 5.74) is 0.606. The number of hydrogen-bond acceptors (Lipinski definition) is 1. The molecule has 0 spiro atoms. The molecule has 2 rings (SSSR count). The Morgan fingerprint density at radius 2 is 2.06 bits per heavy atom. The third-order valence-electron chi connectivity index (χ3n) is 3.66. The van der Waals surface area contributed by atoms with E-state index < -0.39 is 0 Å². The topological polar surface area (TPSA) is 20.2 Å². The van der Waals surface area contributed by atoms with Gasteiger partial charge in [0.05, 0.1) is 6.10 Å². The summed E-state index contributed by atoms with van der Waals surface area (Å²) in [6.45, 7) is 0. The lowest BCUT2D eigenvalue weighted by atomic mass is 9.95. The molecule has 0 radical (unpaired) electrons. The van der Waals surface area contributed by atoms with Crippen molar-refractivity contribution in [3.05, 3.63) is 34.6 Å². The number of aryl methyl sites for hydroxylation is 1. The van der Waals surface area contributed by atoms with Crippen LogP contribution in [0, 0.1) is 11.7 Å². The molecule has 1 fully saturated rings. The Bertz CT molecular complexity index is 374. The number of rotatable bonds is 4. The lowest BCUT2D eigenvalue weighted by Crippen LogP contribution is -2.18. The Balaban J connectivity index is 1.90. The second-order valence-corrected chi connectivity index (χ2v) is 5.32. The molecular weight excluding hydrogens is 239 g/mol. The molecule has 1 aromatic carbocycles.